The van der Waals surface area contributed by atoms with Crippen molar-refractivity contribution in [2.75, 3.05) is 13.7 Å². The van der Waals surface area contributed by atoms with Crippen LogP contribution in [0.1, 0.15) is 0 Å². The Kier molecular flexibility index (Phi) is 1.36. The molecule has 0 amide bonds. The third-order valence-corrected chi connectivity index (χ3v) is 1.06. The summed E-state index contributed by atoms with van der Waals surface area (Å²) in [6.45, 7) is 0.0660. The van der Waals surface area contributed by atoms with Crippen LogP contribution in [0.5, 0.6) is 0 Å². The van der Waals surface area contributed by atoms with Gasteiger partial charge in [0.1, 0.15) is 0 Å². The first-order chi connectivity index (χ1) is 3.84. The first-order valence-corrected chi connectivity index (χ1v) is 2.39. The number of aliphatic hydroxyl groups excluding tert-OH is 1. The van der Waals surface area contributed by atoms with E-state index in [9.17, 15) is 0 Å². The smallest absolute Gasteiger partial charge is 0.0859 e. The Bertz CT molecular complexity index is 112. The molecule has 0 aliphatic carbocycles. The SMILES string of the molecule is CN1NNC=C1CO. The first kappa shape index (κ1) is 5.40. The molecule has 1 aliphatic rings. The number of likely N-dealkylation sites (N-methyl/N-ethyl adjacent to an activating group) is 1. The largest absolute Gasteiger partial charge is 0.390 e. The molecule has 46 valence electrons. The predicted octanol–water partition coefficient (Wildman–Crippen LogP) is -1.23. The lowest BCUT2D eigenvalue weighted by Crippen LogP contribution is -2.34. The van der Waals surface area contributed by atoms with E-state index < -0.39 is 0 Å². The van der Waals surface area contributed by atoms with E-state index in [2.05, 4.69) is 11.0 Å². The van der Waals surface area contributed by atoms with Gasteiger partial charge < -0.3 is 10.5 Å². The molecule has 3 N–H and O–H groups in total. The Hall–Kier alpha value is -0.740. The molecule has 0 bridgehead atoms. The van der Waals surface area contributed by atoms with E-state index >= 15 is 0 Å². The van der Waals surface area contributed by atoms with Gasteiger partial charge in [0.2, 0.25) is 0 Å². The minimum atomic E-state index is 0.0660. The zero-order chi connectivity index (χ0) is 5.98. The van der Waals surface area contributed by atoms with Gasteiger partial charge in [0.05, 0.1) is 12.3 Å². The van der Waals surface area contributed by atoms with Gasteiger partial charge >= 0.3 is 0 Å². The van der Waals surface area contributed by atoms with Crippen LogP contribution in [0.15, 0.2) is 11.9 Å². The van der Waals surface area contributed by atoms with Gasteiger partial charge in [-0.2, -0.15) is 0 Å². The summed E-state index contributed by atoms with van der Waals surface area (Å²) in [7, 11) is 1.82. The Morgan fingerprint density at radius 1 is 1.88 bits per heavy atom. The minimum absolute atomic E-state index is 0.0660. The highest BCUT2D eigenvalue weighted by atomic mass is 16.3. The fraction of sp³-hybridized carbons (Fsp3) is 0.500. The molecular formula is C4H9N3O. The quantitative estimate of drug-likeness (QED) is 0.400. The molecule has 0 aromatic rings. The molecule has 1 aliphatic heterocycles. The maximum atomic E-state index is 8.55. The Balaban J connectivity index is 2.49. The number of hydrogen-bond acceptors (Lipinski definition) is 4. The topological polar surface area (TPSA) is 47.5 Å². The van der Waals surface area contributed by atoms with Crippen LogP contribution in [-0.4, -0.2) is 23.8 Å². The number of hydrogen-bond donors (Lipinski definition) is 3. The number of rotatable bonds is 1. The Labute approximate surface area is 47.7 Å². The van der Waals surface area contributed by atoms with E-state index in [1.807, 2.05) is 7.05 Å². The molecule has 8 heavy (non-hydrogen) atoms. The summed E-state index contributed by atoms with van der Waals surface area (Å²) in [5.41, 5.74) is 6.32. The molecular weight excluding hydrogens is 106 g/mol. The van der Waals surface area contributed by atoms with Crippen LogP contribution in [0, 0.1) is 0 Å². The van der Waals surface area contributed by atoms with Gasteiger partial charge in [0.15, 0.2) is 0 Å². The van der Waals surface area contributed by atoms with Crippen molar-refractivity contribution >= 4 is 0 Å². The van der Waals surface area contributed by atoms with Gasteiger partial charge in [0.25, 0.3) is 0 Å². The van der Waals surface area contributed by atoms with Crippen molar-refractivity contribution < 1.29 is 5.11 Å². The van der Waals surface area contributed by atoms with Crippen LogP contribution >= 0.6 is 0 Å². The van der Waals surface area contributed by atoms with Crippen molar-refractivity contribution in [2.45, 2.75) is 0 Å². The lowest BCUT2D eigenvalue weighted by Gasteiger charge is -2.11. The van der Waals surface area contributed by atoms with E-state index in [-0.39, 0.29) is 6.61 Å². The molecule has 1 rings (SSSR count). The van der Waals surface area contributed by atoms with Gasteiger partial charge in [-0.3, -0.25) is 5.01 Å². The second-order valence-electron chi connectivity index (χ2n) is 1.61. The average Bonchev–Trinajstić information content (AvgIpc) is 2.14. The molecule has 0 aromatic carbocycles. The molecule has 4 nitrogen and oxygen atoms in total. The Morgan fingerprint density at radius 2 is 2.62 bits per heavy atom. The second kappa shape index (κ2) is 2.02. The fourth-order valence-corrected chi connectivity index (χ4v) is 0.533. The van der Waals surface area contributed by atoms with E-state index in [0.717, 1.165) is 5.70 Å². The summed E-state index contributed by atoms with van der Waals surface area (Å²) < 4.78 is 0. The summed E-state index contributed by atoms with van der Waals surface area (Å²) in [6.07, 6.45) is 1.71. The highest BCUT2D eigenvalue weighted by molar-refractivity contribution is 5.00. The van der Waals surface area contributed by atoms with Crippen molar-refractivity contribution in [1.82, 2.24) is 16.0 Å². The molecule has 1 heterocycles. The van der Waals surface area contributed by atoms with Gasteiger partial charge in [-0.05, 0) is 0 Å². The number of nitrogens with zero attached hydrogens (tertiary/aromatic N) is 1. The van der Waals surface area contributed by atoms with Crippen LogP contribution in [0.3, 0.4) is 0 Å². The van der Waals surface area contributed by atoms with Crippen molar-refractivity contribution in [1.29, 1.82) is 0 Å². The van der Waals surface area contributed by atoms with Crippen LogP contribution in [0.25, 0.3) is 0 Å². The van der Waals surface area contributed by atoms with Gasteiger partial charge in [-0.1, -0.05) is 0 Å². The van der Waals surface area contributed by atoms with Crippen molar-refractivity contribution in [3.8, 4) is 0 Å². The average molecular weight is 115 g/mol. The lowest BCUT2D eigenvalue weighted by atomic mass is 10.5. The molecule has 0 radical (unpaired) electrons. The van der Waals surface area contributed by atoms with Gasteiger partial charge in [-0.15, -0.1) is 5.53 Å². The van der Waals surface area contributed by atoms with Crippen molar-refractivity contribution in [3.05, 3.63) is 11.9 Å². The monoisotopic (exact) mass is 115 g/mol. The highest BCUT2D eigenvalue weighted by Crippen LogP contribution is 1.97. The number of hydrazine groups is 2. The van der Waals surface area contributed by atoms with E-state index in [1.165, 1.54) is 0 Å². The maximum absolute atomic E-state index is 8.55. The molecule has 0 atom stereocenters. The number of nitrogens with one attached hydrogen (secondary N) is 2. The summed E-state index contributed by atoms with van der Waals surface area (Å²) >= 11 is 0. The fourth-order valence-electron chi connectivity index (χ4n) is 0.533. The van der Waals surface area contributed by atoms with Crippen molar-refractivity contribution in [2.24, 2.45) is 0 Å². The zero-order valence-electron chi connectivity index (χ0n) is 4.68. The van der Waals surface area contributed by atoms with Crippen LogP contribution in [0.4, 0.5) is 0 Å². The Morgan fingerprint density at radius 3 is 2.88 bits per heavy atom. The van der Waals surface area contributed by atoms with E-state index in [4.69, 9.17) is 5.11 Å². The summed E-state index contributed by atoms with van der Waals surface area (Å²) in [5.74, 6) is 0. The van der Waals surface area contributed by atoms with Crippen LogP contribution in [-0.2, 0) is 0 Å². The van der Waals surface area contributed by atoms with Gasteiger partial charge in [0, 0.05) is 13.2 Å². The molecule has 0 saturated carbocycles. The summed E-state index contributed by atoms with van der Waals surface area (Å²) in [4.78, 5) is 0. The molecule has 0 aromatic heterocycles. The van der Waals surface area contributed by atoms with Crippen LogP contribution < -0.4 is 11.0 Å². The van der Waals surface area contributed by atoms with Crippen molar-refractivity contribution in [3.63, 3.8) is 0 Å². The minimum Gasteiger partial charge on any atom is -0.390 e. The molecule has 0 fully saturated rings. The highest BCUT2D eigenvalue weighted by Gasteiger charge is 2.05. The summed E-state index contributed by atoms with van der Waals surface area (Å²) in [6, 6.07) is 0. The molecule has 0 unspecified atom stereocenters. The maximum Gasteiger partial charge on any atom is 0.0859 e. The third kappa shape index (κ3) is 0.753. The molecule has 0 spiro atoms. The van der Waals surface area contributed by atoms with Gasteiger partial charge in [-0.25, -0.2) is 0 Å². The first-order valence-electron chi connectivity index (χ1n) is 2.39. The normalized spacial score (nSPS) is 18.2. The second-order valence-corrected chi connectivity index (χ2v) is 1.61. The molecule has 0 saturated heterocycles. The predicted molar refractivity (Wildman–Crippen MR) is 29.2 cm³/mol. The number of aliphatic hydroxyl groups is 1. The molecule has 4 heteroatoms. The zero-order valence-corrected chi connectivity index (χ0v) is 4.68. The third-order valence-electron chi connectivity index (χ3n) is 1.06. The van der Waals surface area contributed by atoms with Crippen LogP contribution in [0.2, 0.25) is 0 Å². The van der Waals surface area contributed by atoms with E-state index in [1.54, 1.807) is 11.2 Å². The lowest BCUT2D eigenvalue weighted by molar-refractivity contribution is 0.241. The summed E-state index contributed by atoms with van der Waals surface area (Å²) in [5, 5.41) is 10.3. The standard InChI is InChI=1S/C4H9N3O/c1-7-4(3-8)2-5-6-7/h2,5-6,8H,3H2,1H3. The van der Waals surface area contributed by atoms with E-state index in [0.29, 0.717) is 0 Å².